The fourth-order valence-corrected chi connectivity index (χ4v) is 3.15. The van der Waals surface area contributed by atoms with Gasteiger partial charge in [0, 0.05) is 23.5 Å². The van der Waals surface area contributed by atoms with E-state index < -0.39 is 0 Å². The molecule has 124 valence electrons. The molecule has 0 saturated heterocycles. The summed E-state index contributed by atoms with van der Waals surface area (Å²) in [6.07, 6.45) is 4.42. The Bertz CT molecular complexity index is 846. The summed E-state index contributed by atoms with van der Waals surface area (Å²) < 4.78 is 0. The zero-order chi connectivity index (χ0) is 17.5. The maximum atomic E-state index is 12.3. The second kappa shape index (κ2) is 8.32. The average molecular weight is 347 g/mol. The molecule has 0 aromatic heterocycles. The number of hydrogen-bond acceptors (Lipinski definition) is 5. The van der Waals surface area contributed by atoms with Gasteiger partial charge in [-0.05, 0) is 54.5 Å². The monoisotopic (exact) mass is 347 g/mol. The number of nitriles is 1. The van der Waals surface area contributed by atoms with Crippen molar-refractivity contribution in [3.05, 3.63) is 71.3 Å². The van der Waals surface area contributed by atoms with E-state index >= 15 is 0 Å². The number of thioether (sulfide) groups is 1. The highest BCUT2D eigenvalue weighted by molar-refractivity contribution is 8.14. The Morgan fingerprint density at radius 2 is 1.92 bits per heavy atom. The van der Waals surface area contributed by atoms with E-state index in [2.05, 4.69) is 16.4 Å². The maximum Gasteiger partial charge on any atom is 0.185 e. The van der Waals surface area contributed by atoms with Crippen molar-refractivity contribution < 1.29 is 4.79 Å². The number of ketones is 1. The molecule has 0 bridgehead atoms. The van der Waals surface area contributed by atoms with Crippen LogP contribution < -0.4 is 5.32 Å². The third-order valence-corrected chi connectivity index (χ3v) is 4.68. The minimum atomic E-state index is -0.0553. The van der Waals surface area contributed by atoms with Gasteiger partial charge in [-0.2, -0.15) is 5.26 Å². The summed E-state index contributed by atoms with van der Waals surface area (Å²) in [4.78, 5) is 16.7. The largest absolute Gasteiger partial charge is 0.335 e. The molecule has 2 aromatic rings. The SMILES string of the molecule is N#Cc1ccc(/C=C/C(=O)c2ccc(NC3=NCCCS3)cc2)cc1. The van der Waals surface area contributed by atoms with Crippen LogP contribution in [-0.4, -0.2) is 23.2 Å². The molecular weight excluding hydrogens is 330 g/mol. The molecule has 1 aliphatic heterocycles. The Kier molecular flexibility index (Phi) is 5.65. The van der Waals surface area contributed by atoms with E-state index in [1.165, 1.54) is 0 Å². The van der Waals surface area contributed by atoms with Crippen molar-refractivity contribution in [2.24, 2.45) is 4.99 Å². The molecule has 0 aliphatic carbocycles. The third-order valence-electron chi connectivity index (χ3n) is 3.68. The van der Waals surface area contributed by atoms with Crippen LogP contribution in [0.2, 0.25) is 0 Å². The molecule has 0 fully saturated rings. The van der Waals surface area contributed by atoms with Gasteiger partial charge in [-0.3, -0.25) is 9.79 Å². The fourth-order valence-electron chi connectivity index (χ4n) is 2.31. The van der Waals surface area contributed by atoms with E-state index in [1.54, 1.807) is 36.0 Å². The topological polar surface area (TPSA) is 65.2 Å². The van der Waals surface area contributed by atoms with Gasteiger partial charge in [0.2, 0.25) is 0 Å². The van der Waals surface area contributed by atoms with Crippen LogP contribution in [0.4, 0.5) is 5.69 Å². The zero-order valence-electron chi connectivity index (χ0n) is 13.6. The standard InChI is InChI=1S/C20H17N3OS/c21-14-16-4-2-15(3-5-16)6-11-19(24)17-7-9-18(10-8-17)23-20-22-12-1-13-25-20/h2-11H,1,12-13H2,(H,22,23)/b11-6+. The van der Waals surface area contributed by atoms with E-state index in [4.69, 9.17) is 5.26 Å². The van der Waals surface area contributed by atoms with Crippen LogP contribution in [0.25, 0.3) is 6.08 Å². The van der Waals surface area contributed by atoms with Crippen LogP contribution in [0.1, 0.15) is 27.9 Å². The van der Waals surface area contributed by atoms with Crippen LogP contribution in [0.5, 0.6) is 0 Å². The highest BCUT2D eigenvalue weighted by atomic mass is 32.2. The Morgan fingerprint density at radius 1 is 1.16 bits per heavy atom. The Labute approximate surface area is 151 Å². The lowest BCUT2D eigenvalue weighted by molar-refractivity contribution is 0.104. The Balaban J connectivity index is 1.62. The molecule has 0 unspecified atom stereocenters. The molecule has 1 N–H and O–H groups in total. The number of nitrogens with one attached hydrogen (secondary N) is 1. The van der Waals surface area contributed by atoms with Gasteiger partial charge in [0.15, 0.2) is 11.0 Å². The van der Waals surface area contributed by atoms with Crippen molar-refractivity contribution >= 4 is 34.5 Å². The lowest BCUT2D eigenvalue weighted by Crippen LogP contribution is -2.13. The first kappa shape index (κ1) is 17.0. The third kappa shape index (κ3) is 4.82. The van der Waals surface area contributed by atoms with Crippen molar-refractivity contribution in [2.45, 2.75) is 6.42 Å². The number of aliphatic imine (C=N–C) groups is 1. The summed E-state index contributed by atoms with van der Waals surface area (Å²) >= 11 is 1.72. The summed E-state index contributed by atoms with van der Waals surface area (Å²) in [5, 5.41) is 13.0. The number of nitrogens with zero attached hydrogens (tertiary/aromatic N) is 2. The Morgan fingerprint density at radius 3 is 2.56 bits per heavy atom. The summed E-state index contributed by atoms with van der Waals surface area (Å²) in [5.74, 6) is 1.03. The second-order valence-electron chi connectivity index (χ2n) is 5.52. The number of rotatable bonds is 4. The van der Waals surface area contributed by atoms with Crippen LogP contribution in [-0.2, 0) is 0 Å². The molecular formula is C20H17N3OS. The molecule has 1 heterocycles. The first-order chi connectivity index (χ1) is 12.2. The van der Waals surface area contributed by atoms with Crippen molar-refractivity contribution in [3.8, 4) is 6.07 Å². The smallest absolute Gasteiger partial charge is 0.185 e. The molecule has 2 aromatic carbocycles. The molecule has 1 aliphatic rings. The molecule has 4 nitrogen and oxygen atoms in total. The highest BCUT2D eigenvalue weighted by Crippen LogP contribution is 2.17. The van der Waals surface area contributed by atoms with Crippen LogP contribution in [0.15, 0.2) is 59.6 Å². The van der Waals surface area contributed by atoms with Gasteiger partial charge in [-0.1, -0.05) is 30.0 Å². The average Bonchev–Trinajstić information content (AvgIpc) is 2.68. The zero-order valence-corrected chi connectivity index (χ0v) is 14.4. The molecule has 25 heavy (non-hydrogen) atoms. The van der Waals surface area contributed by atoms with Gasteiger partial charge in [0.25, 0.3) is 0 Å². The number of allylic oxidation sites excluding steroid dienone is 1. The lowest BCUT2D eigenvalue weighted by Gasteiger charge is -2.13. The predicted octanol–water partition coefficient (Wildman–Crippen LogP) is 4.36. The van der Waals surface area contributed by atoms with Gasteiger partial charge in [0.05, 0.1) is 11.6 Å². The van der Waals surface area contributed by atoms with Crippen molar-refractivity contribution in [1.29, 1.82) is 5.26 Å². The van der Waals surface area contributed by atoms with Gasteiger partial charge in [-0.15, -0.1) is 0 Å². The van der Waals surface area contributed by atoms with E-state index in [0.717, 1.165) is 35.1 Å². The fraction of sp³-hybridized carbons (Fsp3) is 0.150. The summed E-state index contributed by atoms with van der Waals surface area (Å²) in [5.41, 5.74) is 3.06. The number of carbonyl (C=O) groups is 1. The van der Waals surface area contributed by atoms with E-state index in [1.807, 2.05) is 36.4 Å². The second-order valence-corrected chi connectivity index (χ2v) is 6.61. The highest BCUT2D eigenvalue weighted by Gasteiger charge is 2.07. The van der Waals surface area contributed by atoms with Gasteiger partial charge >= 0.3 is 0 Å². The number of amidine groups is 1. The first-order valence-corrected chi connectivity index (χ1v) is 9.00. The number of benzene rings is 2. The number of anilines is 1. The van der Waals surface area contributed by atoms with Crippen LogP contribution in [0, 0.1) is 11.3 Å². The molecule has 0 radical (unpaired) electrons. The van der Waals surface area contributed by atoms with Gasteiger partial charge < -0.3 is 5.32 Å². The molecule has 5 heteroatoms. The van der Waals surface area contributed by atoms with Crippen LogP contribution in [0.3, 0.4) is 0 Å². The Hall–Kier alpha value is -2.84. The minimum absolute atomic E-state index is 0.0553. The first-order valence-electron chi connectivity index (χ1n) is 8.01. The van der Waals surface area contributed by atoms with Crippen LogP contribution >= 0.6 is 11.8 Å². The van der Waals surface area contributed by atoms with E-state index in [9.17, 15) is 4.79 Å². The van der Waals surface area contributed by atoms with Crippen molar-refractivity contribution in [3.63, 3.8) is 0 Å². The van der Waals surface area contributed by atoms with E-state index in [-0.39, 0.29) is 5.78 Å². The van der Waals surface area contributed by atoms with Crippen molar-refractivity contribution in [1.82, 2.24) is 0 Å². The predicted molar refractivity (Wildman–Crippen MR) is 104 cm³/mol. The summed E-state index contributed by atoms with van der Waals surface area (Å²) in [6.45, 7) is 0.867. The summed E-state index contributed by atoms with van der Waals surface area (Å²) in [6, 6.07) is 16.6. The van der Waals surface area contributed by atoms with Crippen molar-refractivity contribution in [2.75, 3.05) is 17.6 Å². The maximum absolute atomic E-state index is 12.3. The minimum Gasteiger partial charge on any atom is -0.335 e. The lowest BCUT2D eigenvalue weighted by atomic mass is 10.1. The van der Waals surface area contributed by atoms with E-state index in [0.29, 0.717) is 11.1 Å². The molecule has 0 atom stereocenters. The number of carbonyl (C=O) groups excluding carboxylic acids is 1. The molecule has 3 rings (SSSR count). The number of hydrogen-bond donors (Lipinski definition) is 1. The molecule has 0 saturated carbocycles. The van der Waals surface area contributed by atoms with Gasteiger partial charge in [0.1, 0.15) is 0 Å². The molecule has 0 spiro atoms. The normalized spacial score (nSPS) is 14.0. The van der Waals surface area contributed by atoms with Gasteiger partial charge in [-0.25, -0.2) is 0 Å². The quantitative estimate of drug-likeness (QED) is 0.659. The molecule has 0 amide bonds. The summed E-state index contributed by atoms with van der Waals surface area (Å²) in [7, 11) is 0.